The van der Waals surface area contributed by atoms with Gasteiger partial charge in [0.1, 0.15) is 18.1 Å². The quantitative estimate of drug-likeness (QED) is 0.598. The van der Waals surface area contributed by atoms with Crippen LogP contribution in [0.15, 0.2) is 78.9 Å². The molecule has 0 bridgehead atoms. The molecule has 0 saturated heterocycles. The second kappa shape index (κ2) is 8.61. The molecular formula is C24H24O4. The van der Waals surface area contributed by atoms with Gasteiger partial charge in [0.25, 0.3) is 0 Å². The molecule has 3 rings (SSSR count). The van der Waals surface area contributed by atoms with Gasteiger partial charge in [-0.05, 0) is 49.2 Å². The first-order valence-electron chi connectivity index (χ1n) is 9.19. The Balaban J connectivity index is 1.66. The highest BCUT2D eigenvalue weighted by atomic mass is 16.5. The molecule has 0 aliphatic rings. The Kier molecular flexibility index (Phi) is 5.99. The summed E-state index contributed by atoms with van der Waals surface area (Å²) in [5.74, 6) is 0.278. The molecule has 0 saturated carbocycles. The fourth-order valence-electron chi connectivity index (χ4n) is 2.86. The van der Waals surface area contributed by atoms with E-state index in [0.717, 1.165) is 22.4 Å². The Bertz CT molecular complexity index is 902. The molecule has 1 atom stereocenters. The molecule has 0 spiro atoms. The van der Waals surface area contributed by atoms with Crippen molar-refractivity contribution in [2.75, 3.05) is 0 Å². The maximum Gasteiger partial charge on any atom is 0.348 e. The van der Waals surface area contributed by atoms with Crippen LogP contribution < -0.4 is 9.47 Å². The Hall–Kier alpha value is -3.27. The van der Waals surface area contributed by atoms with Gasteiger partial charge in [-0.15, -0.1) is 0 Å². The Morgan fingerprint density at radius 3 is 2.07 bits per heavy atom. The van der Waals surface area contributed by atoms with Crippen LogP contribution in [0.1, 0.15) is 23.6 Å². The lowest BCUT2D eigenvalue weighted by atomic mass is 9.96. The molecular weight excluding hydrogens is 352 g/mol. The van der Waals surface area contributed by atoms with Gasteiger partial charge >= 0.3 is 5.97 Å². The third-order valence-corrected chi connectivity index (χ3v) is 4.53. The first-order chi connectivity index (χ1) is 13.4. The molecule has 0 aliphatic carbocycles. The number of rotatable bonds is 8. The molecule has 0 aliphatic heterocycles. The summed E-state index contributed by atoms with van der Waals surface area (Å²) >= 11 is 0. The lowest BCUT2D eigenvalue weighted by molar-refractivity contribution is -0.153. The number of aryl methyl sites for hydroxylation is 1. The predicted octanol–water partition coefficient (Wildman–Crippen LogP) is 5.04. The van der Waals surface area contributed by atoms with Crippen LogP contribution in [0.25, 0.3) is 0 Å². The van der Waals surface area contributed by atoms with E-state index in [1.165, 1.54) is 0 Å². The third-order valence-electron chi connectivity index (χ3n) is 4.53. The average molecular weight is 376 g/mol. The van der Waals surface area contributed by atoms with Crippen molar-refractivity contribution in [3.8, 4) is 11.5 Å². The topological polar surface area (TPSA) is 55.8 Å². The predicted molar refractivity (Wildman–Crippen MR) is 109 cm³/mol. The molecule has 144 valence electrons. The van der Waals surface area contributed by atoms with Crippen LogP contribution in [0.5, 0.6) is 11.5 Å². The summed E-state index contributed by atoms with van der Waals surface area (Å²) in [7, 11) is 0. The summed E-state index contributed by atoms with van der Waals surface area (Å²) in [6, 6.07) is 24.8. The molecule has 4 nitrogen and oxygen atoms in total. The van der Waals surface area contributed by atoms with E-state index in [4.69, 9.17) is 9.47 Å². The van der Waals surface area contributed by atoms with Crippen LogP contribution in [-0.2, 0) is 17.8 Å². The molecule has 1 N–H and O–H groups in total. The smallest absolute Gasteiger partial charge is 0.348 e. The molecule has 0 amide bonds. The first-order valence-corrected chi connectivity index (χ1v) is 9.19. The fraction of sp³-hybridized carbons (Fsp3) is 0.208. The van der Waals surface area contributed by atoms with Gasteiger partial charge in [-0.1, -0.05) is 60.2 Å². The largest absolute Gasteiger partial charge is 0.489 e. The van der Waals surface area contributed by atoms with Crippen molar-refractivity contribution < 1.29 is 19.4 Å². The summed E-state index contributed by atoms with van der Waals surface area (Å²) in [5, 5.41) is 9.72. The van der Waals surface area contributed by atoms with Crippen molar-refractivity contribution in [1.29, 1.82) is 0 Å². The molecule has 0 radical (unpaired) electrons. The number of hydrogen-bond acceptors (Lipinski definition) is 3. The third kappa shape index (κ3) is 5.13. The minimum Gasteiger partial charge on any atom is -0.489 e. The lowest BCUT2D eigenvalue weighted by Gasteiger charge is -2.26. The highest BCUT2D eigenvalue weighted by Gasteiger charge is 2.36. The van der Waals surface area contributed by atoms with Crippen molar-refractivity contribution in [2.24, 2.45) is 0 Å². The molecule has 0 fully saturated rings. The standard InChI is InChI=1S/C24H24O4/c1-18-8-12-22(13-9-18)28-24(2,23(25)26)16-19-10-14-21(15-11-19)27-17-20-6-4-3-5-7-20/h3-15H,16-17H2,1-2H3,(H,25,26). The minimum atomic E-state index is -1.36. The number of carboxylic acids is 1. The maximum absolute atomic E-state index is 11.9. The van der Waals surface area contributed by atoms with E-state index < -0.39 is 11.6 Å². The minimum absolute atomic E-state index is 0.245. The number of benzene rings is 3. The van der Waals surface area contributed by atoms with Gasteiger partial charge in [-0.2, -0.15) is 0 Å². The number of aliphatic carboxylic acids is 1. The van der Waals surface area contributed by atoms with Gasteiger partial charge in [0.2, 0.25) is 5.60 Å². The van der Waals surface area contributed by atoms with Gasteiger partial charge in [0, 0.05) is 6.42 Å². The average Bonchev–Trinajstić information content (AvgIpc) is 2.70. The zero-order valence-corrected chi connectivity index (χ0v) is 16.1. The monoisotopic (exact) mass is 376 g/mol. The van der Waals surface area contributed by atoms with Crippen LogP contribution in [0.4, 0.5) is 0 Å². The molecule has 4 heteroatoms. The van der Waals surface area contributed by atoms with Crippen LogP contribution in [-0.4, -0.2) is 16.7 Å². The van der Waals surface area contributed by atoms with Crippen molar-refractivity contribution >= 4 is 5.97 Å². The molecule has 28 heavy (non-hydrogen) atoms. The number of carbonyl (C=O) groups is 1. The zero-order valence-electron chi connectivity index (χ0n) is 16.1. The fourth-order valence-corrected chi connectivity index (χ4v) is 2.86. The second-order valence-corrected chi connectivity index (χ2v) is 7.05. The number of ether oxygens (including phenoxy) is 2. The van der Waals surface area contributed by atoms with Crippen molar-refractivity contribution in [3.05, 3.63) is 95.6 Å². The van der Waals surface area contributed by atoms with Gasteiger partial charge in [-0.25, -0.2) is 4.79 Å². The van der Waals surface area contributed by atoms with E-state index in [2.05, 4.69) is 0 Å². The number of carboxylic acid groups (broad SMARTS) is 1. The van der Waals surface area contributed by atoms with Gasteiger partial charge in [0.15, 0.2) is 0 Å². The van der Waals surface area contributed by atoms with E-state index in [1.807, 2.05) is 73.7 Å². The summed E-state index contributed by atoms with van der Waals surface area (Å²) in [4.78, 5) is 11.9. The molecule has 3 aromatic rings. The van der Waals surface area contributed by atoms with Crippen LogP contribution in [0, 0.1) is 6.92 Å². The van der Waals surface area contributed by atoms with E-state index in [0.29, 0.717) is 12.4 Å². The van der Waals surface area contributed by atoms with E-state index in [-0.39, 0.29) is 6.42 Å². The summed E-state index contributed by atoms with van der Waals surface area (Å²) in [5.41, 5.74) is 1.69. The summed E-state index contributed by atoms with van der Waals surface area (Å²) < 4.78 is 11.6. The van der Waals surface area contributed by atoms with Crippen LogP contribution in [0.2, 0.25) is 0 Å². The molecule has 0 aromatic heterocycles. The van der Waals surface area contributed by atoms with E-state index >= 15 is 0 Å². The first kappa shape index (κ1) is 19.5. The van der Waals surface area contributed by atoms with E-state index in [1.54, 1.807) is 19.1 Å². The zero-order chi connectivity index (χ0) is 20.0. The van der Waals surface area contributed by atoms with Gasteiger partial charge < -0.3 is 14.6 Å². The van der Waals surface area contributed by atoms with Crippen molar-refractivity contribution in [1.82, 2.24) is 0 Å². The normalized spacial score (nSPS) is 12.8. The van der Waals surface area contributed by atoms with Crippen molar-refractivity contribution in [2.45, 2.75) is 32.5 Å². The highest BCUT2D eigenvalue weighted by Crippen LogP contribution is 2.24. The summed E-state index contributed by atoms with van der Waals surface area (Å²) in [6.07, 6.45) is 0.245. The Morgan fingerprint density at radius 1 is 0.857 bits per heavy atom. The van der Waals surface area contributed by atoms with E-state index in [9.17, 15) is 9.90 Å². The number of hydrogen-bond donors (Lipinski definition) is 1. The van der Waals surface area contributed by atoms with Gasteiger partial charge in [-0.3, -0.25) is 0 Å². The van der Waals surface area contributed by atoms with Crippen LogP contribution in [0.3, 0.4) is 0 Å². The maximum atomic E-state index is 11.9. The van der Waals surface area contributed by atoms with Crippen LogP contribution >= 0.6 is 0 Å². The molecule has 1 unspecified atom stereocenters. The molecule has 0 heterocycles. The Morgan fingerprint density at radius 2 is 1.46 bits per heavy atom. The SMILES string of the molecule is Cc1ccc(OC(C)(Cc2ccc(OCc3ccccc3)cc2)C(=O)O)cc1. The van der Waals surface area contributed by atoms with Crippen molar-refractivity contribution in [3.63, 3.8) is 0 Å². The lowest BCUT2D eigenvalue weighted by Crippen LogP contribution is -2.43. The summed E-state index contributed by atoms with van der Waals surface area (Å²) in [6.45, 7) is 4.06. The Labute approximate surface area is 165 Å². The highest BCUT2D eigenvalue weighted by molar-refractivity contribution is 5.78. The molecule has 3 aromatic carbocycles. The van der Waals surface area contributed by atoms with Gasteiger partial charge in [0.05, 0.1) is 0 Å². The second-order valence-electron chi connectivity index (χ2n) is 7.05.